The normalized spacial score (nSPS) is 13.3. The second kappa shape index (κ2) is 6.91. The number of hydrogen-bond donors (Lipinski definition) is 1. The Bertz CT molecular complexity index is 539. The van der Waals surface area contributed by atoms with Crippen molar-refractivity contribution in [1.29, 1.82) is 0 Å². The monoisotopic (exact) mass is 319 g/mol. The van der Waals surface area contributed by atoms with E-state index in [9.17, 15) is 5.11 Å². The number of benzene rings is 1. The third-order valence-electron chi connectivity index (χ3n) is 3.53. The van der Waals surface area contributed by atoms with Crippen LogP contribution in [0.1, 0.15) is 58.2 Å². The van der Waals surface area contributed by atoms with Gasteiger partial charge in [-0.2, -0.15) is 0 Å². The second-order valence-corrected chi connectivity index (χ2v) is 8.35. The summed E-state index contributed by atoms with van der Waals surface area (Å²) in [4.78, 5) is 4.59. The maximum absolute atomic E-state index is 10.8. The molecule has 0 atom stereocenters. The fourth-order valence-corrected chi connectivity index (χ4v) is 2.88. The fourth-order valence-electron chi connectivity index (χ4n) is 2.32. The zero-order valence-corrected chi connectivity index (χ0v) is 15.8. The van der Waals surface area contributed by atoms with Gasteiger partial charge >= 0.3 is 0 Å². The van der Waals surface area contributed by atoms with Gasteiger partial charge in [0.1, 0.15) is 5.75 Å². The van der Waals surface area contributed by atoms with Gasteiger partial charge in [-0.3, -0.25) is 4.99 Å². The molecular formula is C19H29NOS. The molecule has 0 heterocycles. The maximum Gasteiger partial charge on any atom is 0.123 e. The van der Waals surface area contributed by atoms with Gasteiger partial charge in [-0.1, -0.05) is 47.6 Å². The summed E-state index contributed by atoms with van der Waals surface area (Å²) in [6, 6.07) is 4.14. The van der Waals surface area contributed by atoms with Gasteiger partial charge in [0.2, 0.25) is 0 Å². The average molecular weight is 320 g/mol. The van der Waals surface area contributed by atoms with Crippen molar-refractivity contribution in [3.63, 3.8) is 0 Å². The van der Waals surface area contributed by atoms with Crippen LogP contribution in [0.3, 0.4) is 0 Å². The summed E-state index contributed by atoms with van der Waals surface area (Å²) in [5.74, 6) is 0.410. The van der Waals surface area contributed by atoms with Crippen LogP contribution in [0.15, 0.2) is 29.8 Å². The van der Waals surface area contributed by atoms with Crippen molar-refractivity contribution >= 4 is 16.8 Å². The molecule has 1 aromatic rings. The first-order chi connectivity index (χ1) is 10.0. The fraction of sp³-hybridized carbons (Fsp3) is 0.526. The first-order valence-corrected chi connectivity index (χ1v) is 8.82. The Morgan fingerprint density at radius 3 is 1.91 bits per heavy atom. The molecule has 2 nitrogen and oxygen atoms in total. The molecule has 0 aliphatic heterocycles. The van der Waals surface area contributed by atoms with E-state index >= 15 is 0 Å². The summed E-state index contributed by atoms with van der Waals surface area (Å²) in [6.45, 7) is 17.1. The molecule has 0 bridgehead atoms. The summed E-state index contributed by atoms with van der Waals surface area (Å²) in [5.41, 5.74) is 2.76. The van der Waals surface area contributed by atoms with E-state index in [2.05, 4.69) is 65.2 Å². The zero-order valence-electron chi connectivity index (χ0n) is 14.9. The van der Waals surface area contributed by atoms with Crippen molar-refractivity contribution in [3.05, 3.63) is 41.5 Å². The van der Waals surface area contributed by atoms with Gasteiger partial charge in [-0.05, 0) is 29.2 Å². The van der Waals surface area contributed by atoms with Gasteiger partial charge in [0.15, 0.2) is 0 Å². The van der Waals surface area contributed by atoms with Crippen LogP contribution in [0.25, 0.3) is 0 Å². The van der Waals surface area contributed by atoms with Crippen molar-refractivity contribution in [1.82, 2.24) is 0 Å². The molecule has 3 heteroatoms. The van der Waals surface area contributed by atoms with E-state index in [1.54, 1.807) is 17.8 Å². The molecule has 0 fully saturated rings. The third-order valence-corrected chi connectivity index (χ3v) is 4.28. The lowest BCUT2D eigenvalue weighted by atomic mass is 9.78. The first kappa shape index (κ1) is 18.8. The molecule has 1 N–H and O–H groups in total. The highest BCUT2D eigenvalue weighted by molar-refractivity contribution is 8.13. The van der Waals surface area contributed by atoms with E-state index in [4.69, 9.17) is 0 Å². The average Bonchev–Trinajstić information content (AvgIpc) is 2.38. The summed E-state index contributed by atoms with van der Waals surface area (Å²) in [5, 5.41) is 11.7. The topological polar surface area (TPSA) is 32.6 Å². The molecule has 0 aliphatic rings. The molecule has 22 heavy (non-hydrogen) atoms. The minimum absolute atomic E-state index is 0.123. The second-order valence-electron chi connectivity index (χ2n) is 7.56. The van der Waals surface area contributed by atoms with Crippen LogP contribution < -0.4 is 0 Å². The predicted octanol–water partition coefficient (Wildman–Crippen LogP) is 5.28. The largest absolute Gasteiger partial charge is 0.507 e. The van der Waals surface area contributed by atoms with Gasteiger partial charge in [-0.15, -0.1) is 18.3 Å². The molecule has 0 unspecified atom stereocenters. The van der Waals surface area contributed by atoms with Gasteiger partial charge in [0.05, 0.1) is 11.6 Å². The number of rotatable bonds is 3. The Morgan fingerprint density at radius 2 is 1.59 bits per heavy atom. The number of aliphatic imine (C=N–C) groups is 1. The van der Waals surface area contributed by atoms with Gasteiger partial charge < -0.3 is 5.11 Å². The van der Waals surface area contributed by atoms with E-state index in [0.29, 0.717) is 12.3 Å². The highest BCUT2D eigenvalue weighted by Crippen LogP contribution is 2.40. The van der Waals surface area contributed by atoms with Crippen molar-refractivity contribution in [2.75, 3.05) is 12.8 Å². The number of hydrogen-bond acceptors (Lipinski definition) is 3. The Balaban J connectivity index is 3.64. The molecule has 0 aromatic heterocycles. The van der Waals surface area contributed by atoms with Crippen molar-refractivity contribution in [3.8, 4) is 5.75 Å². The highest BCUT2D eigenvalue weighted by atomic mass is 32.2. The van der Waals surface area contributed by atoms with Crippen LogP contribution in [-0.4, -0.2) is 23.0 Å². The van der Waals surface area contributed by atoms with Crippen LogP contribution in [0.2, 0.25) is 0 Å². The van der Waals surface area contributed by atoms with Crippen molar-refractivity contribution in [2.24, 2.45) is 4.99 Å². The number of thioether (sulfide) groups is 1. The van der Waals surface area contributed by atoms with Gasteiger partial charge in [0, 0.05) is 16.7 Å². The number of aromatic hydroxyl groups is 1. The van der Waals surface area contributed by atoms with Crippen LogP contribution in [-0.2, 0) is 10.8 Å². The summed E-state index contributed by atoms with van der Waals surface area (Å²) in [6.07, 6.45) is 3.83. The lowest BCUT2D eigenvalue weighted by molar-refractivity contribution is 0.423. The number of nitrogens with zero attached hydrogens (tertiary/aromatic N) is 1. The van der Waals surface area contributed by atoms with Crippen LogP contribution in [0.5, 0.6) is 5.75 Å². The molecule has 0 saturated carbocycles. The SMILES string of the molecule is C=CCN=C(SC)c1cc(C(C)(C)C)c(O)c(C(C)(C)C)c1. The smallest absolute Gasteiger partial charge is 0.123 e. The molecule has 122 valence electrons. The lowest BCUT2D eigenvalue weighted by Crippen LogP contribution is -2.18. The molecule has 0 amide bonds. The molecule has 0 spiro atoms. The van der Waals surface area contributed by atoms with E-state index < -0.39 is 0 Å². The number of phenolic OH excluding ortho intramolecular Hbond substituents is 1. The zero-order chi connectivity index (χ0) is 17.1. The predicted molar refractivity (Wildman–Crippen MR) is 101 cm³/mol. The minimum Gasteiger partial charge on any atom is -0.507 e. The molecule has 0 radical (unpaired) electrons. The first-order valence-electron chi connectivity index (χ1n) is 7.60. The molecular weight excluding hydrogens is 290 g/mol. The Morgan fingerprint density at radius 1 is 1.14 bits per heavy atom. The molecule has 1 aromatic carbocycles. The quantitative estimate of drug-likeness (QED) is 0.467. The lowest BCUT2D eigenvalue weighted by Gasteiger charge is -2.28. The van der Waals surface area contributed by atoms with E-state index in [1.165, 1.54) is 0 Å². The third kappa shape index (κ3) is 4.39. The summed E-state index contributed by atoms with van der Waals surface area (Å²) >= 11 is 1.63. The summed E-state index contributed by atoms with van der Waals surface area (Å²) in [7, 11) is 0. The standard InChI is InChI=1S/C19H29NOS/c1-9-10-20-17(22-8)13-11-14(18(2,3)4)16(21)15(12-13)19(5,6)7/h9,11-12,21H,1,10H2,2-8H3. The Kier molecular flexibility index (Phi) is 5.91. The van der Waals surface area contributed by atoms with Gasteiger partial charge in [0.25, 0.3) is 0 Å². The van der Waals surface area contributed by atoms with Crippen LogP contribution in [0.4, 0.5) is 0 Å². The molecule has 0 aliphatic carbocycles. The van der Waals surface area contributed by atoms with E-state index in [-0.39, 0.29) is 10.8 Å². The van der Waals surface area contributed by atoms with Crippen molar-refractivity contribution < 1.29 is 5.11 Å². The van der Waals surface area contributed by atoms with Gasteiger partial charge in [-0.25, -0.2) is 0 Å². The Hall–Kier alpha value is -1.22. The summed E-state index contributed by atoms with van der Waals surface area (Å²) < 4.78 is 0. The van der Waals surface area contributed by atoms with Crippen LogP contribution in [0, 0.1) is 0 Å². The highest BCUT2D eigenvalue weighted by Gasteiger charge is 2.27. The minimum atomic E-state index is -0.123. The van der Waals surface area contributed by atoms with Crippen molar-refractivity contribution in [2.45, 2.75) is 52.4 Å². The molecule has 0 saturated heterocycles. The van der Waals surface area contributed by atoms with E-state index in [1.807, 2.05) is 6.26 Å². The van der Waals surface area contributed by atoms with Crippen LogP contribution >= 0.6 is 11.8 Å². The Labute approximate surface area is 139 Å². The van der Waals surface area contributed by atoms with E-state index in [0.717, 1.165) is 21.7 Å². The maximum atomic E-state index is 10.8. The number of phenols is 1. The molecule has 1 rings (SSSR count).